The third kappa shape index (κ3) is 2.31. The molecule has 1 aromatic heterocycles. The molecule has 0 bridgehead atoms. The molecule has 0 aliphatic carbocycles. The molecule has 1 aliphatic heterocycles. The van der Waals surface area contributed by atoms with E-state index in [1.54, 1.807) is 6.20 Å². The number of fused-ring (bicyclic) bond motifs is 1. The number of hydrogen-bond donors (Lipinski definition) is 1. The van der Waals surface area contributed by atoms with Gasteiger partial charge in [0.05, 0.1) is 6.20 Å². The van der Waals surface area contributed by atoms with Gasteiger partial charge in [0, 0.05) is 12.6 Å². The molecule has 4 nitrogen and oxygen atoms in total. The normalized spacial score (nSPS) is 14.4. The van der Waals surface area contributed by atoms with Gasteiger partial charge in [-0.2, -0.15) is 0 Å². The van der Waals surface area contributed by atoms with Crippen molar-refractivity contribution in [1.82, 2.24) is 10.5 Å². The molecule has 0 fully saturated rings. The van der Waals surface area contributed by atoms with Gasteiger partial charge in [-0.25, -0.2) is 0 Å². The predicted octanol–water partition coefficient (Wildman–Crippen LogP) is 1.90. The van der Waals surface area contributed by atoms with E-state index < -0.39 is 0 Å². The molecule has 88 valence electrons. The number of aromatic nitrogens is 1. The van der Waals surface area contributed by atoms with Crippen molar-refractivity contribution in [2.75, 3.05) is 6.54 Å². The lowest BCUT2D eigenvalue weighted by atomic mass is 10.0. The Morgan fingerprint density at radius 3 is 3.18 bits per heavy atom. The Kier molecular flexibility index (Phi) is 2.80. The Morgan fingerprint density at radius 1 is 1.29 bits per heavy atom. The second kappa shape index (κ2) is 4.59. The molecule has 0 amide bonds. The maximum atomic E-state index is 5.66. The third-order valence-corrected chi connectivity index (χ3v) is 2.94. The van der Waals surface area contributed by atoms with Crippen molar-refractivity contribution >= 4 is 0 Å². The van der Waals surface area contributed by atoms with Crippen LogP contribution in [0.15, 0.2) is 35.0 Å². The smallest absolute Gasteiger partial charge is 0.174 e. The van der Waals surface area contributed by atoms with Gasteiger partial charge in [-0.3, -0.25) is 0 Å². The Morgan fingerprint density at radius 2 is 2.29 bits per heavy atom. The SMILES string of the molecule is c1cc(COc2ccc3c(c2)CCNC3)on1. The average Bonchev–Trinajstić information content (AvgIpc) is 2.89. The van der Waals surface area contributed by atoms with E-state index >= 15 is 0 Å². The molecule has 2 aromatic rings. The molecule has 2 heterocycles. The van der Waals surface area contributed by atoms with Crippen LogP contribution in [0.4, 0.5) is 0 Å². The second-order valence-electron chi connectivity index (χ2n) is 4.12. The van der Waals surface area contributed by atoms with Gasteiger partial charge in [-0.05, 0) is 36.2 Å². The molecule has 17 heavy (non-hydrogen) atoms. The zero-order valence-electron chi connectivity index (χ0n) is 9.48. The van der Waals surface area contributed by atoms with Crippen molar-refractivity contribution in [3.63, 3.8) is 0 Å². The van der Waals surface area contributed by atoms with Crippen LogP contribution >= 0.6 is 0 Å². The van der Waals surface area contributed by atoms with Crippen LogP contribution in [0.25, 0.3) is 0 Å². The highest BCUT2D eigenvalue weighted by atomic mass is 16.5. The first-order valence-corrected chi connectivity index (χ1v) is 5.77. The minimum atomic E-state index is 0.428. The number of rotatable bonds is 3. The minimum absolute atomic E-state index is 0.428. The van der Waals surface area contributed by atoms with Crippen LogP contribution in [0.1, 0.15) is 16.9 Å². The molecule has 4 heteroatoms. The highest BCUT2D eigenvalue weighted by Gasteiger charge is 2.09. The van der Waals surface area contributed by atoms with Crippen LogP contribution in [0, 0.1) is 0 Å². The summed E-state index contributed by atoms with van der Waals surface area (Å²) in [7, 11) is 0. The highest BCUT2D eigenvalue weighted by Crippen LogP contribution is 2.21. The van der Waals surface area contributed by atoms with E-state index in [4.69, 9.17) is 9.26 Å². The highest BCUT2D eigenvalue weighted by molar-refractivity contribution is 5.37. The Balaban J connectivity index is 1.71. The maximum absolute atomic E-state index is 5.66. The summed E-state index contributed by atoms with van der Waals surface area (Å²) in [6, 6.07) is 8.05. The number of ether oxygens (including phenoxy) is 1. The monoisotopic (exact) mass is 230 g/mol. The van der Waals surface area contributed by atoms with Crippen molar-refractivity contribution < 1.29 is 9.26 Å². The third-order valence-electron chi connectivity index (χ3n) is 2.94. The summed E-state index contributed by atoms with van der Waals surface area (Å²) in [5, 5.41) is 6.99. The molecular weight excluding hydrogens is 216 g/mol. The van der Waals surface area contributed by atoms with E-state index in [0.717, 1.165) is 31.0 Å². The van der Waals surface area contributed by atoms with Crippen molar-refractivity contribution in [3.05, 3.63) is 47.3 Å². The van der Waals surface area contributed by atoms with Gasteiger partial charge in [0.15, 0.2) is 5.76 Å². The van der Waals surface area contributed by atoms with Crippen LogP contribution in [0.5, 0.6) is 5.75 Å². The summed E-state index contributed by atoms with van der Waals surface area (Å²) >= 11 is 0. The molecule has 0 saturated carbocycles. The zero-order chi connectivity index (χ0) is 11.5. The first-order valence-electron chi connectivity index (χ1n) is 5.77. The molecule has 0 atom stereocenters. The van der Waals surface area contributed by atoms with Crippen LogP contribution in [0.2, 0.25) is 0 Å². The molecule has 0 unspecified atom stereocenters. The fraction of sp³-hybridized carbons (Fsp3) is 0.308. The van der Waals surface area contributed by atoms with Crippen molar-refractivity contribution in [2.24, 2.45) is 0 Å². The largest absolute Gasteiger partial charge is 0.486 e. The summed E-state index contributed by atoms with van der Waals surface area (Å²) in [6.07, 6.45) is 2.69. The molecule has 1 N–H and O–H groups in total. The fourth-order valence-electron chi connectivity index (χ4n) is 2.01. The van der Waals surface area contributed by atoms with E-state index in [0.29, 0.717) is 6.61 Å². The van der Waals surface area contributed by atoms with Gasteiger partial charge in [-0.1, -0.05) is 11.2 Å². The quantitative estimate of drug-likeness (QED) is 0.874. The average molecular weight is 230 g/mol. The van der Waals surface area contributed by atoms with E-state index in [-0.39, 0.29) is 0 Å². The first-order chi connectivity index (χ1) is 8.42. The topological polar surface area (TPSA) is 47.3 Å². The number of nitrogens with one attached hydrogen (secondary N) is 1. The molecule has 0 saturated heterocycles. The lowest BCUT2D eigenvalue weighted by molar-refractivity contribution is 0.249. The molecular formula is C13H14N2O2. The molecule has 0 spiro atoms. The lowest BCUT2D eigenvalue weighted by Gasteiger charge is -2.17. The molecule has 3 rings (SSSR count). The Bertz CT molecular complexity index is 494. The van der Waals surface area contributed by atoms with E-state index in [1.807, 2.05) is 12.1 Å². The molecule has 1 aromatic carbocycles. The summed E-state index contributed by atoms with van der Waals surface area (Å²) in [5.41, 5.74) is 2.74. The Hall–Kier alpha value is -1.81. The summed E-state index contributed by atoms with van der Waals surface area (Å²) in [6.45, 7) is 2.42. The lowest BCUT2D eigenvalue weighted by Crippen LogP contribution is -2.23. The van der Waals surface area contributed by atoms with E-state index in [1.165, 1.54) is 11.1 Å². The fourth-order valence-corrected chi connectivity index (χ4v) is 2.01. The minimum Gasteiger partial charge on any atom is -0.486 e. The predicted molar refractivity (Wildman–Crippen MR) is 62.7 cm³/mol. The number of benzene rings is 1. The Labute approximate surface area is 99.6 Å². The molecule has 0 radical (unpaired) electrons. The van der Waals surface area contributed by atoms with Crippen molar-refractivity contribution in [1.29, 1.82) is 0 Å². The summed E-state index contributed by atoms with van der Waals surface area (Å²) in [4.78, 5) is 0. The van der Waals surface area contributed by atoms with Crippen molar-refractivity contribution in [3.8, 4) is 5.75 Å². The number of nitrogens with zero attached hydrogens (tertiary/aromatic N) is 1. The van der Waals surface area contributed by atoms with Gasteiger partial charge in [0.25, 0.3) is 0 Å². The van der Waals surface area contributed by atoms with Crippen LogP contribution in [0.3, 0.4) is 0 Å². The second-order valence-corrected chi connectivity index (χ2v) is 4.12. The van der Waals surface area contributed by atoms with Crippen LogP contribution < -0.4 is 10.1 Å². The van der Waals surface area contributed by atoms with Gasteiger partial charge in [-0.15, -0.1) is 0 Å². The standard InChI is InChI=1S/C13H14N2O2/c1-2-12(16-9-13-4-6-15-17-13)7-10-3-5-14-8-11(1)10/h1-2,4,6-7,14H,3,5,8-9H2. The first kappa shape index (κ1) is 10.4. The van der Waals surface area contributed by atoms with Gasteiger partial charge >= 0.3 is 0 Å². The van der Waals surface area contributed by atoms with Gasteiger partial charge < -0.3 is 14.6 Å². The zero-order valence-corrected chi connectivity index (χ0v) is 9.48. The molecule has 1 aliphatic rings. The van der Waals surface area contributed by atoms with Gasteiger partial charge in [0.1, 0.15) is 12.4 Å². The van der Waals surface area contributed by atoms with Crippen molar-refractivity contribution in [2.45, 2.75) is 19.6 Å². The van der Waals surface area contributed by atoms with E-state index in [9.17, 15) is 0 Å². The summed E-state index contributed by atoms with van der Waals surface area (Å²) in [5.74, 6) is 1.63. The number of hydrogen-bond acceptors (Lipinski definition) is 4. The maximum Gasteiger partial charge on any atom is 0.174 e. The summed E-state index contributed by atoms with van der Waals surface area (Å²) < 4.78 is 10.6. The van der Waals surface area contributed by atoms with Gasteiger partial charge in [0.2, 0.25) is 0 Å². The van der Waals surface area contributed by atoms with Crippen LogP contribution in [-0.2, 0) is 19.6 Å². The van der Waals surface area contributed by atoms with Crippen LogP contribution in [-0.4, -0.2) is 11.7 Å². The van der Waals surface area contributed by atoms with E-state index in [2.05, 4.69) is 22.6 Å².